The second-order valence-corrected chi connectivity index (χ2v) is 4.81. The number of carbonyl (C=O) groups is 3. The van der Waals surface area contributed by atoms with Gasteiger partial charge >= 0.3 is 35.5 Å². The zero-order valence-corrected chi connectivity index (χ0v) is 15.9. The number of nitrogens with zero attached hydrogens (tertiary/aromatic N) is 1. The van der Waals surface area contributed by atoms with Crippen molar-refractivity contribution in [3.63, 3.8) is 0 Å². The van der Waals surface area contributed by atoms with Crippen molar-refractivity contribution in [2.75, 3.05) is 0 Å². The van der Waals surface area contributed by atoms with Gasteiger partial charge in [-0.2, -0.15) is 5.26 Å². The molecule has 2 unspecified atom stereocenters. The fourth-order valence-electron chi connectivity index (χ4n) is 2.34. The summed E-state index contributed by atoms with van der Waals surface area (Å²) in [6.45, 7) is 8.62. The maximum absolute atomic E-state index is 11.9. The third-order valence-corrected chi connectivity index (χ3v) is 3.59. The molecule has 0 aromatic heterocycles. The summed E-state index contributed by atoms with van der Waals surface area (Å²) in [5, 5.41) is 20.5. The second-order valence-electron chi connectivity index (χ2n) is 4.81. The number of hydrogen-bond donors (Lipinski definition) is 2. The van der Waals surface area contributed by atoms with Crippen LogP contribution in [-0.2, 0) is 19.3 Å². The van der Waals surface area contributed by atoms with Gasteiger partial charge in [0, 0.05) is 6.08 Å². The summed E-state index contributed by atoms with van der Waals surface area (Å²) in [4.78, 5) is 39.8. The molecule has 0 bridgehead atoms. The summed E-state index contributed by atoms with van der Waals surface area (Å²) < 4.78 is 0. The summed E-state index contributed by atoms with van der Waals surface area (Å²) in [5.74, 6) is -2.03. The average molecular weight is 336 g/mol. The van der Waals surface area contributed by atoms with E-state index in [2.05, 4.69) is 21.8 Å². The van der Waals surface area contributed by atoms with Crippen molar-refractivity contribution in [1.82, 2.24) is 5.32 Å². The summed E-state index contributed by atoms with van der Waals surface area (Å²) in [6.07, 6.45) is 2.88. The number of nitrogens with one attached hydrogen (secondary N) is 1. The van der Waals surface area contributed by atoms with Gasteiger partial charge in [0.1, 0.15) is 5.41 Å². The number of rotatable bonds is 5. The minimum absolute atomic E-state index is 0. The van der Waals surface area contributed by atoms with Crippen LogP contribution in [0, 0.1) is 11.3 Å². The fourth-order valence-corrected chi connectivity index (χ4v) is 2.34. The number of carbonyl (C=O) groups excluding carboxylic acids is 3. The van der Waals surface area contributed by atoms with Gasteiger partial charge in [-0.25, -0.2) is 9.79 Å². The molecule has 1 aliphatic rings. The van der Waals surface area contributed by atoms with Crippen molar-refractivity contribution >= 4 is 23.8 Å². The standard InChI is InChI=1S/C11H18N2O3.C3H4O3.Na/c1-4-6-7(3)11(5-2)8(14)12-10(16)13-9(11)15;1-2-3(4)6-5;/h7H,4-6H2,1-3H3,(H2,12,13,14,15,16);2,5H,1H2;/q;;+1/p-1. The van der Waals surface area contributed by atoms with Crippen LogP contribution < -0.4 is 40.0 Å². The number of amidine groups is 1. The molecule has 2 atom stereocenters. The van der Waals surface area contributed by atoms with Crippen molar-refractivity contribution < 1.29 is 59.2 Å². The molecule has 23 heavy (non-hydrogen) atoms. The smallest absolute Gasteiger partial charge is 0.846 e. The second kappa shape index (κ2) is 11.3. The minimum atomic E-state index is -1.15. The summed E-state index contributed by atoms with van der Waals surface area (Å²) in [5.41, 5.74) is -1.15. The van der Waals surface area contributed by atoms with Crippen LogP contribution in [0.4, 0.5) is 0 Å². The molecule has 2 amide bonds. The summed E-state index contributed by atoms with van der Waals surface area (Å²) in [7, 11) is 0. The Balaban J connectivity index is 0. The predicted octanol–water partition coefficient (Wildman–Crippen LogP) is -2.62. The van der Waals surface area contributed by atoms with Crippen LogP contribution in [0.2, 0.25) is 0 Å². The molecule has 9 heteroatoms. The van der Waals surface area contributed by atoms with Crippen molar-refractivity contribution in [3.05, 3.63) is 12.7 Å². The molecule has 1 rings (SSSR count). The van der Waals surface area contributed by atoms with E-state index in [9.17, 15) is 19.5 Å². The average Bonchev–Trinajstić information content (AvgIpc) is 2.47. The number of amides is 2. The Labute approximate surface area is 157 Å². The monoisotopic (exact) mass is 336 g/mol. The summed E-state index contributed by atoms with van der Waals surface area (Å²) in [6, 6.07) is -0.845. The Morgan fingerprint density at radius 1 is 1.52 bits per heavy atom. The van der Waals surface area contributed by atoms with Gasteiger partial charge in [0.15, 0.2) is 0 Å². The van der Waals surface area contributed by atoms with Gasteiger partial charge in [0.05, 0.1) is 6.02 Å². The van der Waals surface area contributed by atoms with Gasteiger partial charge in [0.2, 0.25) is 5.91 Å². The molecular weight excluding hydrogens is 315 g/mol. The van der Waals surface area contributed by atoms with Crippen molar-refractivity contribution in [1.29, 1.82) is 0 Å². The van der Waals surface area contributed by atoms with E-state index in [0.717, 1.165) is 18.9 Å². The fraction of sp³-hybridized carbons (Fsp3) is 0.571. The van der Waals surface area contributed by atoms with Gasteiger partial charge in [-0.05, 0) is 18.8 Å². The van der Waals surface area contributed by atoms with Gasteiger partial charge in [-0.15, -0.1) is 0 Å². The first-order valence-electron chi connectivity index (χ1n) is 6.89. The first-order valence-corrected chi connectivity index (χ1v) is 6.89. The van der Waals surface area contributed by atoms with E-state index in [0.29, 0.717) is 6.42 Å². The molecule has 0 aromatic rings. The zero-order chi connectivity index (χ0) is 17.3. The molecule has 8 nitrogen and oxygen atoms in total. The van der Waals surface area contributed by atoms with Crippen LogP contribution >= 0.6 is 0 Å². The van der Waals surface area contributed by atoms with Crippen molar-refractivity contribution in [2.45, 2.75) is 40.0 Å². The number of aliphatic imine (C=N–C) groups is 1. The molecule has 1 aliphatic heterocycles. The quantitative estimate of drug-likeness (QED) is 0.186. The van der Waals surface area contributed by atoms with E-state index in [1.54, 1.807) is 6.92 Å². The van der Waals surface area contributed by atoms with Gasteiger partial charge in [0.25, 0.3) is 5.91 Å². The largest absolute Gasteiger partial charge is 1.00 e. The Morgan fingerprint density at radius 2 is 2.09 bits per heavy atom. The molecule has 0 spiro atoms. The minimum Gasteiger partial charge on any atom is -0.846 e. The van der Waals surface area contributed by atoms with E-state index >= 15 is 0 Å². The molecule has 1 heterocycles. The SMILES string of the molecule is C=CC(=O)OO.CCCC(C)C1(CC)C(=O)N=C([O-])NC1=O.[Na+]. The molecule has 0 aliphatic carbocycles. The molecule has 124 valence electrons. The summed E-state index contributed by atoms with van der Waals surface area (Å²) >= 11 is 0. The Hall–Kier alpha value is -1.22. The van der Waals surface area contributed by atoms with Crippen LogP contribution in [0.15, 0.2) is 17.6 Å². The van der Waals surface area contributed by atoms with E-state index in [4.69, 9.17) is 5.26 Å². The van der Waals surface area contributed by atoms with Crippen molar-refractivity contribution in [2.24, 2.45) is 16.3 Å². The molecule has 0 saturated heterocycles. The molecule has 2 N–H and O–H groups in total. The van der Waals surface area contributed by atoms with Crippen LogP contribution in [0.3, 0.4) is 0 Å². The van der Waals surface area contributed by atoms with E-state index < -0.39 is 29.2 Å². The van der Waals surface area contributed by atoms with Crippen molar-refractivity contribution in [3.8, 4) is 0 Å². The maximum atomic E-state index is 11.9. The number of hydrogen-bond acceptors (Lipinski definition) is 6. The first kappa shape index (κ1) is 24.0. The van der Waals surface area contributed by atoms with Crippen LogP contribution in [0.1, 0.15) is 40.0 Å². The molecule has 0 aromatic carbocycles. The van der Waals surface area contributed by atoms with E-state index in [1.807, 2.05) is 13.8 Å². The Morgan fingerprint density at radius 3 is 2.39 bits per heavy atom. The van der Waals surface area contributed by atoms with Crippen LogP contribution in [0.25, 0.3) is 0 Å². The predicted molar refractivity (Wildman–Crippen MR) is 76.3 cm³/mol. The van der Waals surface area contributed by atoms with Gasteiger partial charge < -0.3 is 10.4 Å². The topological polar surface area (TPSA) is 128 Å². The third kappa shape index (κ3) is 6.06. The molecular formula is C14H21N2NaO6. The van der Waals surface area contributed by atoms with Gasteiger partial charge in [-0.1, -0.05) is 33.8 Å². The normalized spacial score (nSPS) is 20.8. The Bertz CT molecular complexity index is 480. The van der Waals surface area contributed by atoms with Gasteiger partial charge in [-0.3, -0.25) is 14.5 Å². The van der Waals surface area contributed by atoms with E-state index in [-0.39, 0.29) is 35.5 Å². The molecule has 0 saturated carbocycles. The maximum Gasteiger partial charge on any atom is 1.00 e. The molecule has 0 radical (unpaired) electrons. The van der Waals surface area contributed by atoms with Crippen LogP contribution in [-0.4, -0.2) is 29.1 Å². The first-order chi connectivity index (χ1) is 10.3. The molecule has 0 fully saturated rings. The Kier molecular flexibility index (Phi) is 11.8. The van der Waals surface area contributed by atoms with Crippen LogP contribution in [0.5, 0.6) is 0 Å². The third-order valence-electron chi connectivity index (χ3n) is 3.59. The zero-order valence-electron chi connectivity index (χ0n) is 13.9. The van der Waals surface area contributed by atoms with E-state index in [1.165, 1.54) is 0 Å².